The first-order chi connectivity index (χ1) is 6.79. The Morgan fingerprint density at radius 2 is 2.13 bits per heavy atom. The Morgan fingerprint density at radius 1 is 1.53 bits per heavy atom. The van der Waals surface area contributed by atoms with Crippen molar-refractivity contribution in [1.82, 2.24) is 5.32 Å². The van der Waals surface area contributed by atoms with Gasteiger partial charge < -0.3 is 5.32 Å². The number of rotatable bonds is 3. The van der Waals surface area contributed by atoms with Crippen LogP contribution in [0.3, 0.4) is 0 Å². The Balaban J connectivity index is 2.69. The van der Waals surface area contributed by atoms with Crippen LogP contribution in [0.2, 0.25) is 5.02 Å². The van der Waals surface area contributed by atoms with Crippen LogP contribution in [0.1, 0.15) is 37.4 Å². The highest BCUT2D eigenvalue weighted by Gasteiger charge is 2.21. The number of carbonyl (C=O) groups is 1. The van der Waals surface area contributed by atoms with Crippen molar-refractivity contribution >= 4 is 28.7 Å². The van der Waals surface area contributed by atoms with E-state index in [1.165, 1.54) is 11.3 Å². The lowest BCUT2D eigenvalue weighted by atomic mass is 10.1. The third-order valence-electron chi connectivity index (χ3n) is 1.85. The molecule has 1 unspecified atom stereocenters. The average Bonchev–Trinajstić information content (AvgIpc) is 2.47. The lowest BCUT2D eigenvalue weighted by Crippen LogP contribution is -2.45. The van der Waals surface area contributed by atoms with Gasteiger partial charge in [-0.3, -0.25) is 4.79 Å². The Bertz CT molecular complexity index is 354. The van der Waals surface area contributed by atoms with E-state index in [1.807, 2.05) is 27.7 Å². The molecule has 0 aliphatic carbocycles. The van der Waals surface area contributed by atoms with Crippen molar-refractivity contribution in [2.75, 3.05) is 0 Å². The molecule has 1 aromatic heterocycles. The highest BCUT2D eigenvalue weighted by molar-refractivity contribution is 7.12. The molecule has 1 heterocycles. The van der Waals surface area contributed by atoms with Gasteiger partial charge in [-0.25, -0.2) is 0 Å². The lowest BCUT2D eigenvalue weighted by molar-refractivity contribution is 0.0940. The van der Waals surface area contributed by atoms with Gasteiger partial charge in [-0.2, -0.15) is 0 Å². The molecule has 1 N–H and O–H groups in total. The number of carbonyl (C=O) groups excluding carboxylic acids is 1. The SMILES string of the molecule is CC(NC(C)(C)C)C(=O)c1cc(Cl)cs1. The van der Waals surface area contributed by atoms with E-state index in [2.05, 4.69) is 5.32 Å². The highest BCUT2D eigenvalue weighted by Crippen LogP contribution is 2.20. The molecule has 15 heavy (non-hydrogen) atoms. The molecule has 1 rings (SSSR count). The maximum absolute atomic E-state index is 11.9. The molecule has 0 fully saturated rings. The number of ketones is 1. The van der Waals surface area contributed by atoms with Crippen molar-refractivity contribution in [1.29, 1.82) is 0 Å². The average molecular weight is 246 g/mol. The van der Waals surface area contributed by atoms with Crippen molar-refractivity contribution in [2.24, 2.45) is 0 Å². The summed E-state index contributed by atoms with van der Waals surface area (Å²) >= 11 is 7.17. The second-order valence-corrected chi connectivity index (χ2v) is 5.96. The van der Waals surface area contributed by atoms with E-state index in [1.54, 1.807) is 11.4 Å². The van der Waals surface area contributed by atoms with E-state index in [0.29, 0.717) is 9.90 Å². The van der Waals surface area contributed by atoms with Crippen molar-refractivity contribution in [2.45, 2.75) is 39.3 Å². The molecule has 4 heteroatoms. The lowest BCUT2D eigenvalue weighted by Gasteiger charge is -2.24. The molecule has 0 spiro atoms. The second-order valence-electron chi connectivity index (χ2n) is 4.61. The van der Waals surface area contributed by atoms with E-state index >= 15 is 0 Å². The first-order valence-corrected chi connectivity index (χ1v) is 6.11. The van der Waals surface area contributed by atoms with E-state index in [9.17, 15) is 4.79 Å². The predicted molar refractivity (Wildman–Crippen MR) is 66.0 cm³/mol. The summed E-state index contributed by atoms with van der Waals surface area (Å²) in [5.74, 6) is 0.0989. The number of thiophene rings is 1. The minimum atomic E-state index is -0.181. The Kier molecular flexibility index (Phi) is 3.93. The van der Waals surface area contributed by atoms with Crippen molar-refractivity contribution < 1.29 is 4.79 Å². The largest absolute Gasteiger partial charge is 0.303 e. The van der Waals surface area contributed by atoms with E-state index in [0.717, 1.165) is 0 Å². The van der Waals surface area contributed by atoms with Gasteiger partial charge in [-0.1, -0.05) is 11.6 Å². The topological polar surface area (TPSA) is 29.1 Å². The zero-order valence-electron chi connectivity index (χ0n) is 9.43. The summed E-state index contributed by atoms with van der Waals surface area (Å²) in [5.41, 5.74) is -0.0594. The summed E-state index contributed by atoms with van der Waals surface area (Å²) in [7, 11) is 0. The van der Waals surface area contributed by atoms with Crippen LogP contribution in [0.25, 0.3) is 0 Å². The molecule has 2 nitrogen and oxygen atoms in total. The first-order valence-electron chi connectivity index (χ1n) is 4.85. The summed E-state index contributed by atoms with van der Waals surface area (Å²) in [6.45, 7) is 8.00. The zero-order valence-corrected chi connectivity index (χ0v) is 11.0. The van der Waals surface area contributed by atoms with E-state index in [4.69, 9.17) is 11.6 Å². The van der Waals surface area contributed by atoms with Gasteiger partial charge in [0.25, 0.3) is 0 Å². The normalized spacial score (nSPS) is 13.9. The van der Waals surface area contributed by atoms with Gasteiger partial charge in [-0.15, -0.1) is 11.3 Å². The van der Waals surface area contributed by atoms with Crippen molar-refractivity contribution in [3.05, 3.63) is 21.3 Å². The number of halogens is 1. The predicted octanol–water partition coefficient (Wildman–Crippen LogP) is 3.36. The van der Waals surface area contributed by atoms with Crippen LogP contribution in [-0.4, -0.2) is 17.4 Å². The number of Topliss-reactive ketones (excluding diaryl/α,β-unsaturated/α-hetero) is 1. The molecule has 0 aliphatic heterocycles. The quantitative estimate of drug-likeness (QED) is 0.828. The fraction of sp³-hybridized carbons (Fsp3) is 0.545. The van der Waals surface area contributed by atoms with Gasteiger partial charge >= 0.3 is 0 Å². The van der Waals surface area contributed by atoms with Crippen molar-refractivity contribution in [3.8, 4) is 0 Å². The molecule has 0 aromatic carbocycles. The Labute approximate surface area is 99.6 Å². The summed E-state index contributed by atoms with van der Waals surface area (Å²) in [4.78, 5) is 12.6. The molecule has 1 aromatic rings. The van der Waals surface area contributed by atoms with E-state index in [-0.39, 0.29) is 17.4 Å². The molecule has 0 saturated heterocycles. The Hall–Kier alpha value is -0.380. The summed E-state index contributed by atoms with van der Waals surface area (Å²) in [5, 5.41) is 5.65. The number of hydrogen-bond donors (Lipinski definition) is 1. The van der Waals surface area contributed by atoms with E-state index < -0.39 is 0 Å². The second kappa shape index (κ2) is 4.64. The molecular weight excluding hydrogens is 230 g/mol. The van der Waals surface area contributed by atoms with Gasteiger partial charge in [0.15, 0.2) is 5.78 Å². The summed E-state index contributed by atoms with van der Waals surface area (Å²) in [6, 6.07) is 1.54. The minimum absolute atomic E-state index is 0.0594. The molecular formula is C11H16ClNOS. The standard InChI is InChI=1S/C11H16ClNOS/c1-7(13-11(2,3)4)10(14)9-5-8(12)6-15-9/h5-7,13H,1-4H3. The monoisotopic (exact) mass is 245 g/mol. The first kappa shape index (κ1) is 12.7. The summed E-state index contributed by atoms with van der Waals surface area (Å²) < 4.78 is 0. The van der Waals surface area contributed by atoms with Crippen LogP contribution < -0.4 is 5.32 Å². The Morgan fingerprint density at radius 3 is 2.53 bits per heavy atom. The van der Waals surface area contributed by atoms with Crippen LogP contribution in [-0.2, 0) is 0 Å². The maximum atomic E-state index is 11.9. The minimum Gasteiger partial charge on any atom is -0.303 e. The van der Waals surface area contributed by atoms with Gasteiger partial charge in [0.2, 0.25) is 0 Å². The third kappa shape index (κ3) is 3.93. The molecule has 0 bridgehead atoms. The highest BCUT2D eigenvalue weighted by atomic mass is 35.5. The van der Waals surface area contributed by atoms with Crippen LogP contribution >= 0.6 is 22.9 Å². The molecule has 84 valence electrons. The zero-order chi connectivity index (χ0) is 11.6. The van der Waals surface area contributed by atoms with Crippen LogP contribution in [0, 0.1) is 0 Å². The third-order valence-corrected chi connectivity index (χ3v) is 3.15. The molecule has 0 radical (unpaired) electrons. The fourth-order valence-electron chi connectivity index (χ4n) is 1.37. The maximum Gasteiger partial charge on any atom is 0.189 e. The van der Waals surface area contributed by atoms with Gasteiger partial charge in [0, 0.05) is 10.9 Å². The van der Waals surface area contributed by atoms with Crippen LogP contribution in [0.4, 0.5) is 0 Å². The van der Waals surface area contributed by atoms with Crippen LogP contribution in [0.15, 0.2) is 11.4 Å². The smallest absolute Gasteiger partial charge is 0.189 e. The molecule has 0 saturated carbocycles. The summed E-state index contributed by atoms with van der Waals surface area (Å²) in [6.07, 6.45) is 0. The van der Waals surface area contributed by atoms with Crippen LogP contribution in [0.5, 0.6) is 0 Å². The van der Waals surface area contributed by atoms with Gasteiger partial charge in [0.1, 0.15) is 0 Å². The molecule has 1 atom stereocenters. The van der Waals surface area contributed by atoms with Gasteiger partial charge in [-0.05, 0) is 33.8 Å². The van der Waals surface area contributed by atoms with Gasteiger partial charge in [0.05, 0.1) is 15.9 Å². The number of nitrogens with one attached hydrogen (secondary N) is 1. The molecule has 0 amide bonds. The molecule has 0 aliphatic rings. The number of hydrogen-bond acceptors (Lipinski definition) is 3. The fourth-order valence-corrected chi connectivity index (χ4v) is 2.47. The van der Waals surface area contributed by atoms with Crippen molar-refractivity contribution in [3.63, 3.8) is 0 Å².